The molecule has 2 rings (SSSR count). The average molecular weight is 285 g/mol. The summed E-state index contributed by atoms with van der Waals surface area (Å²) in [6.45, 7) is 3.23. The second kappa shape index (κ2) is 6.89. The maximum atomic E-state index is 12.2. The SMILES string of the molecule is C[C@@H](NC(=O)c1cccc(C#N)c1)C(=O)N1CCCCC1. The van der Waals surface area contributed by atoms with Crippen LogP contribution in [0.25, 0.3) is 0 Å². The van der Waals surface area contributed by atoms with Gasteiger partial charge >= 0.3 is 0 Å². The highest BCUT2D eigenvalue weighted by Gasteiger charge is 2.23. The molecule has 1 aromatic rings. The fourth-order valence-electron chi connectivity index (χ4n) is 2.46. The van der Waals surface area contributed by atoms with E-state index >= 15 is 0 Å². The summed E-state index contributed by atoms with van der Waals surface area (Å²) in [4.78, 5) is 26.2. The zero-order valence-corrected chi connectivity index (χ0v) is 12.1. The molecule has 1 atom stereocenters. The van der Waals surface area contributed by atoms with E-state index < -0.39 is 6.04 Å². The molecule has 0 bridgehead atoms. The number of nitrogens with one attached hydrogen (secondary N) is 1. The number of nitriles is 1. The number of amides is 2. The van der Waals surface area contributed by atoms with Crippen molar-refractivity contribution < 1.29 is 9.59 Å². The molecule has 5 nitrogen and oxygen atoms in total. The number of hydrogen-bond acceptors (Lipinski definition) is 3. The lowest BCUT2D eigenvalue weighted by Gasteiger charge is -2.29. The van der Waals surface area contributed by atoms with E-state index in [1.54, 1.807) is 30.0 Å². The number of rotatable bonds is 3. The molecule has 0 unspecified atom stereocenters. The van der Waals surface area contributed by atoms with Gasteiger partial charge in [-0.15, -0.1) is 0 Å². The maximum Gasteiger partial charge on any atom is 0.251 e. The molecule has 5 heteroatoms. The van der Waals surface area contributed by atoms with E-state index in [9.17, 15) is 9.59 Å². The first kappa shape index (κ1) is 15.0. The first-order valence-electron chi connectivity index (χ1n) is 7.21. The van der Waals surface area contributed by atoms with Crippen LogP contribution in [0.4, 0.5) is 0 Å². The summed E-state index contributed by atoms with van der Waals surface area (Å²) in [5, 5.41) is 11.5. The van der Waals surface area contributed by atoms with Gasteiger partial charge in [-0.1, -0.05) is 6.07 Å². The highest BCUT2D eigenvalue weighted by Crippen LogP contribution is 2.10. The Bertz CT molecular complexity index is 571. The molecule has 1 heterocycles. The molecule has 1 aromatic carbocycles. The van der Waals surface area contributed by atoms with E-state index in [1.165, 1.54) is 6.07 Å². The van der Waals surface area contributed by atoms with Gasteiger partial charge in [0, 0.05) is 18.7 Å². The van der Waals surface area contributed by atoms with Gasteiger partial charge in [0.05, 0.1) is 11.6 Å². The molecule has 1 N–H and O–H groups in total. The average Bonchev–Trinajstić information content (AvgIpc) is 2.54. The van der Waals surface area contributed by atoms with E-state index in [4.69, 9.17) is 5.26 Å². The van der Waals surface area contributed by atoms with Crippen molar-refractivity contribution in [1.29, 1.82) is 5.26 Å². The van der Waals surface area contributed by atoms with Gasteiger partial charge in [0.1, 0.15) is 6.04 Å². The lowest BCUT2D eigenvalue weighted by atomic mass is 10.1. The van der Waals surface area contributed by atoms with Gasteiger partial charge in [0.25, 0.3) is 5.91 Å². The van der Waals surface area contributed by atoms with Crippen LogP contribution in [0.3, 0.4) is 0 Å². The minimum atomic E-state index is -0.554. The van der Waals surface area contributed by atoms with E-state index in [-0.39, 0.29) is 11.8 Å². The minimum Gasteiger partial charge on any atom is -0.341 e. The summed E-state index contributed by atoms with van der Waals surface area (Å²) in [5.41, 5.74) is 0.824. The molecule has 1 saturated heterocycles. The Morgan fingerprint density at radius 1 is 1.29 bits per heavy atom. The van der Waals surface area contributed by atoms with E-state index in [0.29, 0.717) is 11.1 Å². The summed E-state index contributed by atoms with van der Waals surface area (Å²) < 4.78 is 0. The molecular formula is C16H19N3O2. The molecular weight excluding hydrogens is 266 g/mol. The molecule has 1 aliphatic rings. The Morgan fingerprint density at radius 3 is 2.67 bits per heavy atom. The van der Waals surface area contributed by atoms with E-state index in [2.05, 4.69) is 5.32 Å². The van der Waals surface area contributed by atoms with Crippen molar-refractivity contribution in [1.82, 2.24) is 10.2 Å². The molecule has 0 aromatic heterocycles. The summed E-state index contributed by atoms with van der Waals surface area (Å²) >= 11 is 0. The number of benzene rings is 1. The normalized spacial score (nSPS) is 15.9. The Hall–Kier alpha value is -2.35. The first-order chi connectivity index (χ1) is 10.1. The lowest BCUT2D eigenvalue weighted by Crippen LogP contribution is -2.48. The van der Waals surface area contributed by atoms with Gasteiger partial charge in [-0.05, 0) is 44.4 Å². The summed E-state index contributed by atoms with van der Waals surface area (Å²) in [5.74, 6) is -0.371. The summed E-state index contributed by atoms with van der Waals surface area (Å²) in [7, 11) is 0. The molecule has 1 aliphatic heterocycles. The molecule has 0 saturated carbocycles. The number of likely N-dealkylation sites (tertiary alicyclic amines) is 1. The molecule has 110 valence electrons. The van der Waals surface area contributed by atoms with Gasteiger partial charge in [0.15, 0.2) is 0 Å². The highest BCUT2D eigenvalue weighted by molar-refractivity contribution is 5.97. The molecule has 21 heavy (non-hydrogen) atoms. The van der Waals surface area contributed by atoms with Crippen molar-refractivity contribution in [2.24, 2.45) is 0 Å². The Balaban J connectivity index is 1.98. The van der Waals surface area contributed by atoms with Crippen LogP contribution in [0.2, 0.25) is 0 Å². The number of carbonyl (C=O) groups excluding carboxylic acids is 2. The van der Waals surface area contributed by atoms with Crippen molar-refractivity contribution in [2.75, 3.05) is 13.1 Å². The monoisotopic (exact) mass is 285 g/mol. The van der Waals surface area contributed by atoms with Gasteiger partial charge in [-0.3, -0.25) is 9.59 Å². The smallest absolute Gasteiger partial charge is 0.251 e. The number of piperidine rings is 1. The summed E-state index contributed by atoms with van der Waals surface area (Å²) in [6, 6.07) is 7.89. The third-order valence-electron chi connectivity index (χ3n) is 3.64. The Kier molecular flexibility index (Phi) is 4.94. The van der Waals surface area contributed by atoms with Gasteiger partial charge < -0.3 is 10.2 Å². The number of hydrogen-bond donors (Lipinski definition) is 1. The molecule has 2 amide bonds. The number of carbonyl (C=O) groups is 2. The highest BCUT2D eigenvalue weighted by atomic mass is 16.2. The lowest BCUT2D eigenvalue weighted by molar-refractivity contribution is -0.133. The van der Waals surface area contributed by atoms with Crippen molar-refractivity contribution in [3.8, 4) is 6.07 Å². The van der Waals surface area contributed by atoms with Crippen LogP contribution in [0.15, 0.2) is 24.3 Å². The van der Waals surface area contributed by atoms with Crippen molar-refractivity contribution in [3.63, 3.8) is 0 Å². The van der Waals surface area contributed by atoms with Crippen LogP contribution in [0, 0.1) is 11.3 Å². The van der Waals surface area contributed by atoms with Crippen LogP contribution >= 0.6 is 0 Å². The Morgan fingerprint density at radius 2 is 2.00 bits per heavy atom. The predicted octanol–water partition coefficient (Wildman–Crippen LogP) is 1.69. The van der Waals surface area contributed by atoms with Crippen LogP contribution < -0.4 is 5.32 Å². The zero-order chi connectivity index (χ0) is 15.2. The zero-order valence-electron chi connectivity index (χ0n) is 12.1. The molecule has 0 aliphatic carbocycles. The quantitative estimate of drug-likeness (QED) is 0.918. The standard InChI is InChI=1S/C16H19N3O2/c1-12(16(21)19-8-3-2-4-9-19)18-15(20)14-7-5-6-13(10-14)11-17/h5-7,10,12H,2-4,8-9H2,1H3,(H,18,20)/t12-/m1/s1. The first-order valence-corrected chi connectivity index (χ1v) is 7.21. The van der Waals surface area contributed by atoms with Gasteiger partial charge in [-0.25, -0.2) is 0 Å². The van der Waals surface area contributed by atoms with E-state index in [1.807, 2.05) is 6.07 Å². The van der Waals surface area contributed by atoms with Crippen LogP contribution in [-0.2, 0) is 4.79 Å². The minimum absolute atomic E-state index is 0.0421. The summed E-state index contributed by atoms with van der Waals surface area (Å²) in [6.07, 6.45) is 3.21. The van der Waals surface area contributed by atoms with Crippen LogP contribution in [0.5, 0.6) is 0 Å². The predicted molar refractivity (Wildman–Crippen MR) is 78.5 cm³/mol. The Labute approximate surface area is 124 Å². The van der Waals surface area contributed by atoms with Gasteiger partial charge in [0.2, 0.25) is 5.91 Å². The fraction of sp³-hybridized carbons (Fsp3) is 0.438. The topological polar surface area (TPSA) is 73.2 Å². The van der Waals surface area contributed by atoms with Crippen molar-refractivity contribution in [3.05, 3.63) is 35.4 Å². The van der Waals surface area contributed by atoms with Crippen LogP contribution in [-0.4, -0.2) is 35.8 Å². The third kappa shape index (κ3) is 3.82. The second-order valence-electron chi connectivity index (χ2n) is 5.27. The third-order valence-corrected chi connectivity index (χ3v) is 3.64. The van der Waals surface area contributed by atoms with E-state index in [0.717, 1.165) is 32.4 Å². The van der Waals surface area contributed by atoms with Gasteiger partial charge in [-0.2, -0.15) is 5.26 Å². The fourth-order valence-corrected chi connectivity index (χ4v) is 2.46. The second-order valence-corrected chi connectivity index (χ2v) is 5.27. The van der Waals surface area contributed by atoms with Crippen molar-refractivity contribution >= 4 is 11.8 Å². The molecule has 1 fully saturated rings. The van der Waals surface area contributed by atoms with Crippen LogP contribution in [0.1, 0.15) is 42.1 Å². The number of nitrogens with zero attached hydrogens (tertiary/aromatic N) is 2. The molecule has 0 spiro atoms. The largest absolute Gasteiger partial charge is 0.341 e. The van der Waals surface area contributed by atoms with Crippen molar-refractivity contribution in [2.45, 2.75) is 32.2 Å². The molecule has 0 radical (unpaired) electrons. The maximum absolute atomic E-state index is 12.2.